The number of alkyl halides is 3. The summed E-state index contributed by atoms with van der Waals surface area (Å²) in [6.07, 6.45) is 2.74. The molecule has 2 N–H and O–H groups in total. The standard InChI is InChI=1S/C27H26F4N4O5S2/c1-3-21-34-35-26(41-21)17-11-18(20(40-2)12-19(17)28)24(36)33-23-14-8-7-13(9-14)22(23)25(37)32-15-5-4-6-16(10-15)42(38,39)27(29,30)31/h4-6,10-14,22-23H,3,7-9H2,1-2H3,(H,32,37)(H,33,36)/t13-,14+,22+,23-/m1/s1. The van der Waals surface area contributed by atoms with Gasteiger partial charge in [-0.15, -0.1) is 10.2 Å². The number of halogens is 4. The lowest BCUT2D eigenvalue weighted by Gasteiger charge is -2.31. The van der Waals surface area contributed by atoms with Crippen LogP contribution in [-0.2, 0) is 21.1 Å². The zero-order valence-corrected chi connectivity index (χ0v) is 24.0. The summed E-state index contributed by atoms with van der Waals surface area (Å²) in [7, 11) is -4.31. The van der Waals surface area contributed by atoms with Crippen molar-refractivity contribution in [1.29, 1.82) is 0 Å². The van der Waals surface area contributed by atoms with E-state index in [1.54, 1.807) is 0 Å². The predicted octanol–water partition coefficient (Wildman–Crippen LogP) is 4.99. The lowest BCUT2D eigenvalue weighted by molar-refractivity contribution is -0.122. The van der Waals surface area contributed by atoms with Crippen molar-refractivity contribution in [2.75, 3.05) is 12.4 Å². The molecule has 3 aromatic rings. The quantitative estimate of drug-likeness (QED) is 0.337. The minimum absolute atomic E-state index is 0.0131. The molecule has 2 bridgehead atoms. The van der Waals surface area contributed by atoms with E-state index < -0.39 is 49.8 Å². The van der Waals surface area contributed by atoms with E-state index >= 15 is 0 Å². The van der Waals surface area contributed by atoms with Gasteiger partial charge in [-0.1, -0.05) is 24.3 Å². The highest BCUT2D eigenvalue weighted by Gasteiger charge is 2.52. The summed E-state index contributed by atoms with van der Waals surface area (Å²) >= 11 is 1.20. The van der Waals surface area contributed by atoms with Gasteiger partial charge in [0.05, 0.1) is 23.5 Å². The van der Waals surface area contributed by atoms with Gasteiger partial charge in [-0.3, -0.25) is 9.59 Å². The number of benzene rings is 2. The molecule has 0 unspecified atom stereocenters. The van der Waals surface area contributed by atoms with Crippen LogP contribution in [0, 0.1) is 23.6 Å². The highest BCUT2D eigenvalue weighted by Crippen LogP contribution is 2.49. The fraction of sp³-hybridized carbons (Fsp3) is 0.407. The third-order valence-electron chi connectivity index (χ3n) is 7.77. The normalized spacial score (nSPS) is 21.8. The van der Waals surface area contributed by atoms with Crippen molar-refractivity contribution in [3.8, 4) is 16.3 Å². The molecule has 0 aliphatic heterocycles. The summed E-state index contributed by atoms with van der Waals surface area (Å²) in [4.78, 5) is 25.9. The van der Waals surface area contributed by atoms with Crippen LogP contribution >= 0.6 is 11.3 Å². The number of carbonyl (C=O) groups excluding carboxylic acids is 2. The molecule has 2 saturated carbocycles. The molecule has 2 aromatic carbocycles. The average Bonchev–Trinajstić information content (AvgIpc) is 3.69. The fourth-order valence-electron chi connectivity index (χ4n) is 5.78. The lowest BCUT2D eigenvalue weighted by atomic mass is 9.83. The van der Waals surface area contributed by atoms with Crippen LogP contribution in [0.2, 0.25) is 0 Å². The number of sulfone groups is 1. The van der Waals surface area contributed by atoms with E-state index in [0.29, 0.717) is 22.9 Å². The topological polar surface area (TPSA) is 127 Å². The molecule has 0 spiro atoms. The first-order valence-corrected chi connectivity index (χ1v) is 15.4. The van der Waals surface area contributed by atoms with Crippen molar-refractivity contribution in [2.24, 2.45) is 17.8 Å². The molecule has 1 heterocycles. The molecule has 0 radical (unpaired) electrons. The Hall–Kier alpha value is -3.59. The third-order valence-corrected chi connectivity index (χ3v) is 10.4. The Bertz CT molecular complexity index is 1640. The van der Waals surface area contributed by atoms with E-state index in [-0.39, 0.29) is 34.4 Å². The van der Waals surface area contributed by atoms with Crippen LogP contribution in [0.25, 0.3) is 10.6 Å². The molecule has 2 amide bonds. The highest BCUT2D eigenvalue weighted by molar-refractivity contribution is 7.92. The second-order valence-corrected chi connectivity index (χ2v) is 13.2. The monoisotopic (exact) mass is 626 g/mol. The molecule has 0 saturated heterocycles. The second-order valence-electron chi connectivity index (χ2n) is 10.2. The summed E-state index contributed by atoms with van der Waals surface area (Å²) in [5, 5.41) is 14.5. The predicted molar refractivity (Wildman–Crippen MR) is 145 cm³/mol. The molecule has 9 nitrogen and oxygen atoms in total. The van der Waals surface area contributed by atoms with Gasteiger partial charge in [0.2, 0.25) is 5.91 Å². The smallest absolute Gasteiger partial charge is 0.496 e. The number of methoxy groups -OCH3 is 1. The second kappa shape index (κ2) is 11.2. The number of amides is 2. The Morgan fingerprint density at radius 2 is 1.86 bits per heavy atom. The Morgan fingerprint density at radius 3 is 2.52 bits per heavy atom. The van der Waals surface area contributed by atoms with Gasteiger partial charge >= 0.3 is 5.51 Å². The Balaban J connectivity index is 1.39. The Kier molecular flexibility index (Phi) is 8.00. The van der Waals surface area contributed by atoms with Gasteiger partial charge in [0.15, 0.2) is 5.01 Å². The van der Waals surface area contributed by atoms with Gasteiger partial charge in [-0.05, 0) is 61.8 Å². The number of ether oxygens (including phenoxy) is 1. The number of hydrogen-bond acceptors (Lipinski definition) is 8. The van der Waals surface area contributed by atoms with Crippen LogP contribution in [-0.4, -0.2) is 49.1 Å². The molecule has 2 aliphatic carbocycles. The Morgan fingerprint density at radius 1 is 1.12 bits per heavy atom. The van der Waals surface area contributed by atoms with E-state index in [2.05, 4.69) is 20.8 Å². The van der Waals surface area contributed by atoms with Crippen molar-refractivity contribution in [3.05, 3.63) is 52.8 Å². The SMILES string of the molecule is CCc1nnc(-c2cc(C(=O)N[C@@H]3[C@H]4CC[C@H](C4)[C@@H]3C(=O)Nc3cccc(S(=O)(=O)C(F)(F)F)c3)c(OC)cc2F)s1. The van der Waals surface area contributed by atoms with Crippen molar-refractivity contribution in [2.45, 2.75) is 49.1 Å². The third kappa shape index (κ3) is 5.46. The van der Waals surface area contributed by atoms with E-state index in [9.17, 15) is 35.6 Å². The lowest BCUT2D eigenvalue weighted by Crippen LogP contribution is -2.48. The van der Waals surface area contributed by atoms with Gasteiger partial charge in [-0.2, -0.15) is 13.2 Å². The molecule has 2 aliphatic rings. The molecule has 1 aromatic heterocycles. The number of carbonyl (C=O) groups is 2. The molecule has 42 heavy (non-hydrogen) atoms. The summed E-state index contributed by atoms with van der Waals surface area (Å²) < 4.78 is 83.0. The summed E-state index contributed by atoms with van der Waals surface area (Å²) in [6.45, 7) is 1.89. The first-order valence-electron chi connectivity index (χ1n) is 13.1. The van der Waals surface area contributed by atoms with Gasteiger partial charge < -0.3 is 15.4 Å². The minimum Gasteiger partial charge on any atom is -0.496 e. The maximum absolute atomic E-state index is 14.9. The molecular weight excluding hydrogens is 600 g/mol. The van der Waals surface area contributed by atoms with Crippen LogP contribution in [0.1, 0.15) is 41.6 Å². The van der Waals surface area contributed by atoms with Gasteiger partial charge in [0.1, 0.15) is 16.6 Å². The van der Waals surface area contributed by atoms with Crippen molar-refractivity contribution < 1.29 is 40.3 Å². The van der Waals surface area contributed by atoms with E-state index in [1.807, 2.05) is 6.92 Å². The first-order chi connectivity index (χ1) is 19.8. The number of aromatic nitrogens is 2. The van der Waals surface area contributed by atoms with Crippen LogP contribution in [0.5, 0.6) is 5.75 Å². The maximum Gasteiger partial charge on any atom is 0.501 e. The molecular formula is C27H26F4N4O5S2. The number of anilines is 1. The largest absolute Gasteiger partial charge is 0.501 e. The highest BCUT2D eigenvalue weighted by atomic mass is 32.2. The van der Waals surface area contributed by atoms with E-state index in [4.69, 9.17) is 4.74 Å². The maximum atomic E-state index is 14.9. The zero-order chi connectivity index (χ0) is 30.4. The van der Waals surface area contributed by atoms with Crippen molar-refractivity contribution in [1.82, 2.24) is 15.5 Å². The van der Waals surface area contributed by atoms with Gasteiger partial charge in [-0.25, -0.2) is 12.8 Å². The van der Waals surface area contributed by atoms with Gasteiger partial charge in [0, 0.05) is 23.4 Å². The Labute approximate surface area is 242 Å². The molecule has 15 heteroatoms. The molecule has 4 atom stereocenters. The van der Waals surface area contributed by atoms with E-state index in [1.165, 1.54) is 30.6 Å². The zero-order valence-electron chi connectivity index (χ0n) is 22.4. The summed E-state index contributed by atoms with van der Waals surface area (Å²) in [6, 6.07) is 5.75. The summed E-state index contributed by atoms with van der Waals surface area (Å²) in [5.41, 5.74) is -5.50. The van der Waals surface area contributed by atoms with Crippen molar-refractivity contribution >= 4 is 38.7 Å². The molecule has 2 fully saturated rings. The van der Waals surface area contributed by atoms with Crippen LogP contribution in [0.4, 0.5) is 23.2 Å². The van der Waals surface area contributed by atoms with Crippen LogP contribution in [0.15, 0.2) is 41.3 Å². The molecule has 5 rings (SSSR count). The number of nitrogens with zero attached hydrogens (tertiary/aromatic N) is 2. The number of aryl methyl sites for hydroxylation is 1. The minimum atomic E-state index is -5.61. The summed E-state index contributed by atoms with van der Waals surface area (Å²) in [5.74, 6) is -2.66. The van der Waals surface area contributed by atoms with E-state index in [0.717, 1.165) is 37.1 Å². The van der Waals surface area contributed by atoms with Crippen LogP contribution < -0.4 is 15.4 Å². The van der Waals surface area contributed by atoms with Crippen LogP contribution in [0.3, 0.4) is 0 Å². The number of rotatable bonds is 8. The molecule has 224 valence electrons. The number of nitrogens with one attached hydrogen (secondary N) is 2. The van der Waals surface area contributed by atoms with Crippen molar-refractivity contribution in [3.63, 3.8) is 0 Å². The average molecular weight is 627 g/mol. The first kappa shape index (κ1) is 29.9. The number of fused-ring (bicyclic) bond motifs is 2. The van der Waals surface area contributed by atoms with Gasteiger partial charge in [0.25, 0.3) is 15.7 Å². The number of hydrogen-bond donors (Lipinski definition) is 2. The fourth-order valence-corrected chi connectivity index (χ4v) is 7.38.